The van der Waals surface area contributed by atoms with Crippen LogP contribution < -0.4 is 20.1 Å². The predicted octanol–water partition coefficient (Wildman–Crippen LogP) is 6.07. The van der Waals surface area contributed by atoms with E-state index in [1.165, 1.54) is 18.5 Å². The monoisotopic (exact) mass is 655 g/mol. The SMILES string of the molecule is CCOc1ncnc(OCC)c1CCCC(=O)NCCCCN1CCC(NC(=O)c2ccccc2-c2ccc(C(F)(F)F)cc2)CC1. The van der Waals surface area contributed by atoms with Crippen LogP contribution >= 0.6 is 0 Å². The number of rotatable bonds is 16. The Bertz CT molecular complexity index is 1420. The van der Waals surface area contributed by atoms with Crippen LogP contribution in [0.5, 0.6) is 11.8 Å². The van der Waals surface area contributed by atoms with E-state index >= 15 is 0 Å². The molecule has 0 atom stereocenters. The largest absolute Gasteiger partial charge is 0.478 e. The van der Waals surface area contributed by atoms with Crippen molar-refractivity contribution in [3.63, 3.8) is 0 Å². The molecule has 12 heteroatoms. The summed E-state index contributed by atoms with van der Waals surface area (Å²) in [4.78, 5) is 36.4. The first-order valence-electron chi connectivity index (χ1n) is 16.4. The number of unbranched alkanes of at least 4 members (excludes halogenated alkanes) is 1. The van der Waals surface area contributed by atoms with Gasteiger partial charge < -0.3 is 25.0 Å². The zero-order valence-corrected chi connectivity index (χ0v) is 27.1. The Morgan fingerprint density at radius 2 is 1.57 bits per heavy atom. The summed E-state index contributed by atoms with van der Waals surface area (Å²) < 4.78 is 50.2. The van der Waals surface area contributed by atoms with E-state index < -0.39 is 11.7 Å². The van der Waals surface area contributed by atoms with E-state index in [0.29, 0.717) is 67.5 Å². The highest BCUT2D eigenvalue weighted by atomic mass is 19.4. The zero-order valence-electron chi connectivity index (χ0n) is 27.1. The number of nitrogens with one attached hydrogen (secondary N) is 2. The van der Waals surface area contributed by atoms with Gasteiger partial charge in [-0.25, -0.2) is 9.97 Å². The molecular formula is C35H44F3N5O4. The van der Waals surface area contributed by atoms with Gasteiger partial charge in [0.15, 0.2) is 0 Å². The lowest BCUT2D eigenvalue weighted by Crippen LogP contribution is -2.45. The van der Waals surface area contributed by atoms with Crippen molar-refractivity contribution in [1.82, 2.24) is 25.5 Å². The van der Waals surface area contributed by atoms with Crippen molar-refractivity contribution in [3.05, 3.63) is 71.5 Å². The molecule has 2 aromatic carbocycles. The van der Waals surface area contributed by atoms with Crippen LogP contribution in [0.25, 0.3) is 11.1 Å². The molecule has 254 valence electrons. The molecule has 2 amide bonds. The lowest BCUT2D eigenvalue weighted by molar-refractivity contribution is -0.137. The Morgan fingerprint density at radius 1 is 0.915 bits per heavy atom. The molecule has 0 radical (unpaired) electrons. The lowest BCUT2D eigenvalue weighted by Gasteiger charge is -2.32. The van der Waals surface area contributed by atoms with E-state index in [0.717, 1.165) is 63.0 Å². The first-order valence-corrected chi connectivity index (χ1v) is 16.4. The molecular weight excluding hydrogens is 611 g/mol. The summed E-state index contributed by atoms with van der Waals surface area (Å²) >= 11 is 0. The summed E-state index contributed by atoms with van der Waals surface area (Å²) in [6.07, 6.45) is 2.07. The van der Waals surface area contributed by atoms with Gasteiger partial charge in [-0.2, -0.15) is 13.2 Å². The molecule has 1 fully saturated rings. The maximum atomic E-state index is 13.2. The van der Waals surface area contributed by atoms with Crippen molar-refractivity contribution in [2.24, 2.45) is 0 Å². The number of amides is 2. The Hall–Kier alpha value is -4.19. The zero-order chi connectivity index (χ0) is 33.6. The smallest absolute Gasteiger partial charge is 0.416 e. The molecule has 1 aliphatic rings. The second-order valence-electron chi connectivity index (χ2n) is 11.4. The average molecular weight is 656 g/mol. The molecule has 1 aromatic heterocycles. The van der Waals surface area contributed by atoms with Crippen molar-refractivity contribution >= 4 is 11.8 Å². The van der Waals surface area contributed by atoms with Gasteiger partial charge in [0, 0.05) is 37.7 Å². The molecule has 0 unspecified atom stereocenters. The standard InChI is InChI=1S/C35H44F3N5O4/c1-3-46-33-30(34(47-4-2)41-24-40-33)12-9-13-31(44)39-20-7-8-21-43-22-18-27(19-23-43)42-32(45)29-11-6-5-10-28(29)25-14-16-26(17-15-25)35(36,37)38/h5-6,10-11,14-17,24,27H,3-4,7-9,12-13,18-23H2,1-2H3,(H,39,44)(H,42,45). The molecule has 2 heterocycles. The number of hydrogen-bond acceptors (Lipinski definition) is 7. The van der Waals surface area contributed by atoms with Crippen LogP contribution in [-0.2, 0) is 17.4 Å². The summed E-state index contributed by atoms with van der Waals surface area (Å²) in [6, 6.07) is 11.9. The molecule has 1 saturated heterocycles. The number of carbonyl (C=O) groups is 2. The number of nitrogens with zero attached hydrogens (tertiary/aromatic N) is 3. The molecule has 4 rings (SSSR count). The van der Waals surface area contributed by atoms with Crippen LogP contribution in [0.15, 0.2) is 54.9 Å². The summed E-state index contributed by atoms with van der Waals surface area (Å²) in [5, 5.41) is 6.13. The predicted molar refractivity (Wildman–Crippen MR) is 173 cm³/mol. The molecule has 3 aromatic rings. The fraction of sp³-hybridized carbons (Fsp3) is 0.486. The first kappa shape index (κ1) is 35.7. The topological polar surface area (TPSA) is 106 Å². The molecule has 1 aliphatic heterocycles. The van der Waals surface area contributed by atoms with Crippen molar-refractivity contribution in [1.29, 1.82) is 0 Å². The molecule has 2 N–H and O–H groups in total. The minimum atomic E-state index is -4.41. The van der Waals surface area contributed by atoms with E-state index in [9.17, 15) is 22.8 Å². The number of benzene rings is 2. The van der Waals surface area contributed by atoms with Gasteiger partial charge in [0.05, 0.1) is 24.3 Å². The van der Waals surface area contributed by atoms with E-state index in [2.05, 4.69) is 25.5 Å². The van der Waals surface area contributed by atoms with Crippen LogP contribution in [-0.4, -0.2) is 72.1 Å². The molecule has 0 aliphatic carbocycles. The van der Waals surface area contributed by atoms with Crippen LogP contribution in [0.1, 0.15) is 73.9 Å². The van der Waals surface area contributed by atoms with Crippen molar-refractivity contribution in [2.45, 2.75) is 71.0 Å². The maximum absolute atomic E-state index is 13.2. The Labute approximate surface area is 274 Å². The highest BCUT2D eigenvalue weighted by Gasteiger charge is 2.30. The number of aromatic nitrogens is 2. The number of piperidine rings is 1. The third-order valence-corrected chi connectivity index (χ3v) is 8.10. The van der Waals surface area contributed by atoms with Crippen molar-refractivity contribution in [3.8, 4) is 22.9 Å². The first-order chi connectivity index (χ1) is 22.7. The fourth-order valence-electron chi connectivity index (χ4n) is 5.66. The molecule has 0 saturated carbocycles. The van der Waals surface area contributed by atoms with Crippen molar-refractivity contribution < 1.29 is 32.2 Å². The highest BCUT2D eigenvalue weighted by molar-refractivity contribution is 6.01. The summed E-state index contributed by atoms with van der Waals surface area (Å²) in [5.74, 6) is 0.782. The van der Waals surface area contributed by atoms with Gasteiger partial charge in [-0.05, 0) is 88.2 Å². The quantitative estimate of drug-likeness (QED) is 0.181. The fourth-order valence-corrected chi connectivity index (χ4v) is 5.66. The Morgan fingerprint density at radius 3 is 2.21 bits per heavy atom. The van der Waals surface area contributed by atoms with Crippen molar-refractivity contribution in [2.75, 3.05) is 39.4 Å². The van der Waals surface area contributed by atoms with Gasteiger partial charge in [-0.3, -0.25) is 9.59 Å². The minimum absolute atomic E-state index is 0.00854. The van der Waals surface area contributed by atoms with E-state index in [1.807, 2.05) is 13.8 Å². The number of hydrogen-bond donors (Lipinski definition) is 2. The number of carbonyl (C=O) groups excluding carboxylic acids is 2. The van der Waals surface area contributed by atoms with Gasteiger partial charge >= 0.3 is 6.18 Å². The van der Waals surface area contributed by atoms with Crippen LogP contribution in [0.2, 0.25) is 0 Å². The average Bonchev–Trinajstić information content (AvgIpc) is 3.06. The molecule has 0 spiro atoms. The van der Waals surface area contributed by atoms with Gasteiger partial charge in [0.2, 0.25) is 17.7 Å². The normalized spacial score (nSPS) is 14.1. The van der Waals surface area contributed by atoms with E-state index in [1.54, 1.807) is 24.3 Å². The van der Waals surface area contributed by atoms with Gasteiger partial charge in [-0.1, -0.05) is 30.3 Å². The highest BCUT2D eigenvalue weighted by Crippen LogP contribution is 2.32. The van der Waals surface area contributed by atoms with Gasteiger partial charge in [-0.15, -0.1) is 0 Å². The summed E-state index contributed by atoms with van der Waals surface area (Å²) in [6.45, 7) is 7.99. The second-order valence-corrected chi connectivity index (χ2v) is 11.4. The summed E-state index contributed by atoms with van der Waals surface area (Å²) in [7, 11) is 0. The molecule has 0 bridgehead atoms. The van der Waals surface area contributed by atoms with Gasteiger partial charge in [0.1, 0.15) is 6.33 Å². The minimum Gasteiger partial charge on any atom is -0.478 e. The Balaban J connectivity index is 1.13. The Kier molecular flexibility index (Phi) is 13.4. The molecule has 47 heavy (non-hydrogen) atoms. The van der Waals surface area contributed by atoms with E-state index in [-0.39, 0.29) is 17.9 Å². The summed E-state index contributed by atoms with van der Waals surface area (Å²) in [5.41, 5.74) is 1.66. The second kappa shape index (κ2) is 17.7. The number of ether oxygens (including phenoxy) is 2. The number of halogens is 3. The number of likely N-dealkylation sites (tertiary alicyclic amines) is 1. The number of alkyl halides is 3. The van der Waals surface area contributed by atoms with Crippen LogP contribution in [0.3, 0.4) is 0 Å². The lowest BCUT2D eigenvalue weighted by atomic mass is 9.97. The van der Waals surface area contributed by atoms with Crippen LogP contribution in [0.4, 0.5) is 13.2 Å². The van der Waals surface area contributed by atoms with Gasteiger partial charge in [0.25, 0.3) is 5.91 Å². The van der Waals surface area contributed by atoms with E-state index in [4.69, 9.17) is 9.47 Å². The third kappa shape index (κ3) is 10.7. The maximum Gasteiger partial charge on any atom is 0.416 e. The molecule has 9 nitrogen and oxygen atoms in total. The van der Waals surface area contributed by atoms with Crippen LogP contribution in [0, 0.1) is 0 Å². The third-order valence-electron chi connectivity index (χ3n) is 8.10.